The van der Waals surface area contributed by atoms with Gasteiger partial charge in [0.1, 0.15) is 6.33 Å². The van der Waals surface area contributed by atoms with Gasteiger partial charge >= 0.3 is 0 Å². The minimum atomic E-state index is -1.01. The second-order valence-corrected chi connectivity index (χ2v) is 6.78. The Morgan fingerprint density at radius 1 is 1.38 bits per heavy atom. The van der Waals surface area contributed by atoms with Crippen LogP contribution in [0.2, 0.25) is 0 Å². The molecule has 24 heavy (non-hydrogen) atoms. The average Bonchev–Trinajstić information content (AvgIpc) is 3.08. The number of morpholine rings is 1. The third kappa shape index (κ3) is 3.40. The van der Waals surface area contributed by atoms with Crippen LogP contribution in [-0.4, -0.2) is 58.0 Å². The topological polar surface area (TPSA) is 84.4 Å². The number of aryl methyl sites for hydroxylation is 1. The molecule has 2 aliphatic rings. The molecule has 1 unspecified atom stereocenters. The maximum Gasteiger partial charge on any atom is 0.257 e. The molecule has 0 spiro atoms. The smallest absolute Gasteiger partial charge is 0.257 e. The highest BCUT2D eigenvalue weighted by Crippen LogP contribution is 2.23. The van der Waals surface area contributed by atoms with E-state index >= 15 is 0 Å². The molecule has 7 heteroatoms. The van der Waals surface area contributed by atoms with E-state index in [1.165, 1.54) is 12.5 Å². The quantitative estimate of drug-likeness (QED) is 0.895. The molecule has 0 bridgehead atoms. The summed E-state index contributed by atoms with van der Waals surface area (Å²) in [4.78, 5) is 35.0. The van der Waals surface area contributed by atoms with Crippen LogP contribution in [0.4, 0.5) is 0 Å². The van der Waals surface area contributed by atoms with Gasteiger partial charge in [0.25, 0.3) is 11.8 Å². The fourth-order valence-corrected chi connectivity index (χ4v) is 3.36. The third-order valence-corrected chi connectivity index (χ3v) is 4.87. The molecule has 1 aromatic heterocycles. The normalized spacial score (nSPS) is 24.8. The number of nitrogens with one attached hydrogen (secondary N) is 1. The van der Waals surface area contributed by atoms with E-state index < -0.39 is 5.60 Å². The van der Waals surface area contributed by atoms with Crippen molar-refractivity contribution in [2.75, 3.05) is 19.7 Å². The van der Waals surface area contributed by atoms with Gasteiger partial charge in [0.2, 0.25) is 0 Å². The van der Waals surface area contributed by atoms with Crippen LogP contribution in [0.15, 0.2) is 12.5 Å². The van der Waals surface area contributed by atoms with Crippen molar-refractivity contribution < 1.29 is 14.3 Å². The number of carbonyl (C=O) groups excluding carboxylic acids is 2. The molecule has 0 aromatic carbocycles. The first kappa shape index (κ1) is 16.8. The second kappa shape index (κ2) is 6.84. The lowest BCUT2D eigenvalue weighted by Gasteiger charge is -2.39. The lowest BCUT2D eigenvalue weighted by Crippen LogP contribution is -2.60. The molecule has 130 valence electrons. The lowest BCUT2D eigenvalue weighted by molar-refractivity contribution is -0.154. The van der Waals surface area contributed by atoms with Gasteiger partial charge in [-0.3, -0.25) is 9.59 Å². The van der Waals surface area contributed by atoms with Gasteiger partial charge in [-0.15, -0.1) is 0 Å². The maximum atomic E-state index is 12.7. The Bertz CT molecular complexity index is 630. The van der Waals surface area contributed by atoms with Crippen LogP contribution in [0.1, 0.15) is 48.7 Å². The zero-order chi connectivity index (χ0) is 17.2. The molecule has 2 fully saturated rings. The van der Waals surface area contributed by atoms with E-state index in [1.807, 2.05) is 0 Å². The zero-order valence-corrected chi connectivity index (χ0v) is 14.2. The summed E-state index contributed by atoms with van der Waals surface area (Å²) in [6.07, 6.45) is 7.29. The first-order valence-corrected chi connectivity index (χ1v) is 8.50. The number of carbonyl (C=O) groups is 2. The van der Waals surface area contributed by atoms with Gasteiger partial charge in [0.05, 0.1) is 24.4 Å². The number of aromatic nitrogens is 2. The minimum absolute atomic E-state index is 0.132. The van der Waals surface area contributed by atoms with Gasteiger partial charge in [0, 0.05) is 18.8 Å². The SMILES string of the molecule is Cc1ncncc1C(=O)N1CCOC(C)(C(=O)NC2CCCC2)C1. The Kier molecular flexibility index (Phi) is 4.80. The van der Waals surface area contributed by atoms with Crippen LogP contribution in [0, 0.1) is 6.92 Å². The predicted molar refractivity (Wildman–Crippen MR) is 87.4 cm³/mol. The number of amides is 2. The molecule has 2 heterocycles. The molecular weight excluding hydrogens is 308 g/mol. The van der Waals surface area contributed by atoms with Crippen molar-refractivity contribution >= 4 is 11.8 Å². The van der Waals surface area contributed by atoms with Crippen LogP contribution < -0.4 is 5.32 Å². The molecule has 1 atom stereocenters. The maximum absolute atomic E-state index is 12.7. The van der Waals surface area contributed by atoms with E-state index in [-0.39, 0.29) is 24.4 Å². The van der Waals surface area contributed by atoms with E-state index in [0.717, 1.165) is 25.7 Å². The summed E-state index contributed by atoms with van der Waals surface area (Å²) in [5.41, 5.74) is 0.0941. The van der Waals surface area contributed by atoms with Crippen molar-refractivity contribution in [3.63, 3.8) is 0 Å². The molecule has 1 saturated heterocycles. The highest BCUT2D eigenvalue weighted by molar-refractivity contribution is 5.96. The molecular formula is C17H24N4O3. The molecule has 1 aliphatic heterocycles. The van der Waals surface area contributed by atoms with Crippen LogP contribution >= 0.6 is 0 Å². The standard InChI is InChI=1S/C17H24N4O3/c1-12-14(9-18-11-19-12)15(22)21-7-8-24-17(2,10-21)16(23)20-13-5-3-4-6-13/h9,11,13H,3-8,10H2,1-2H3,(H,20,23). The van der Waals surface area contributed by atoms with Gasteiger partial charge in [-0.05, 0) is 26.7 Å². The van der Waals surface area contributed by atoms with E-state index in [9.17, 15) is 9.59 Å². The summed E-state index contributed by atoms with van der Waals surface area (Å²) in [6.45, 7) is 4.57. The molecule has 1 aromatic rings. The Balaban J connectivity index is 1.69. The summed E-state index contributed by atoms with van der Waals surface area (Å²) in [6, 6.07) is 0.230. The Hall–Kier alpha value is -2.02. The fourth-order valence-electron chi connectivity index (χ4n) is 3.36. The van der Waals surface area contributed by atoms with Crippen molar-refractivity contribution in [1.29, 1.82) is 0 Å². The molecule has 2 amide bonds. The number of nitrogens with zero attached hydrogens (tertiary/aromatic N) is 3. The van der Waals surface area contributed by atoms with Gasteiger partial charge in [-0.25, -0.2) is 9.97 Å². The zero-order valence-electron chi connectivity index (χ0n) is 14.2. The van der Waals surface area contributed by atoms with E-state index in [1.54, 1.807) is 18.7 Å². The summed E-state index contributed by atoms with van der Waals surface area (Å²) in [7, 11) is 0. The fraction of sp³-hybridized carbons (Fsp3) is 0.647. The van der Waals surface area contributed by atoms with Crippen molar-refractivity contribution in [2.45, 2.75) is 51.2 Å². The van der Waals surface area contributed by atoms with Crippen LogP contribution in [0.25, 0.3) is 0 Å². The Morgan fingerprint density at radius 2 is 2.12 bits per heavy atom. The minimum Gasteiger partial charge on any atom is -0.362 e. The molecule has 1 saturated carbocycles. The highest BCUT2D eigenvalue weighted by atomic mass is 16.5. The molecule has 1 aliphatic carbocycles. The predicted octanol–water partition coefficient (Wildman–Crippen LogP) is 1.07. The number of hydrogen-bond donors (Lipinski definition) is 1. The van der Waals surface area contributed by atoms with Crippen molar-refractivity contribution in [1.82, 2.24) is 20.2 Å². The lowest BCUT2D eigenvalue weighted by atomic mass is 10.0. The summed E-state index contributed by atoms with van der Waals surface area (Å²) >= 11 is 0. The van der Waals surface area contributed by atoms with E-state index in [0.29, 0.717) is 24.4 Å². The average molecular weight is 332 g/mol. The first-order valence-electron chi connectivity index (χ1n) is 8.50. The largest absolute Gasteiger partial charge is 0.362 e. The highest BCUT2D eigenvalue weighted by Gasteiger charge is 2.42. The number of ether oxygens (including phenoxy) is 1. The van der Waals surface area contributed by atoms with Gasteiger partial charge in [-0.1, -0.05) is 12.8 Å². The van der Waals surface area contributed by atoms with E-state index in [4.69, 9.17) is 4.74 Å². The molecule has 0 radical (unpaired) electrons. The molecule has 3 rings (SSSR count). The Morgan fingerprint density at radius 3 is 2.83 bits per heavy atom. The van der Waals surface area contributed by atoms with Gasteiger partial charge < -0.3 is 15.0 Å². The first-order chi connectivity index (χ1) is 11.5. The summed E-state index contributed by atoms with van der Waals surface area (Å²) < 4.78 is 5.75. The van der Waals surface area contributed by atoms with Crippen LogP contribution in [-0.2, 0) is 9.53 Å². The van der Waals surface area contributed by atoms with Crippen LogP contribution in [0.3, 0.4) is 0 Å². The van der Waals surface area contributed by atoms with Crippen molar-refractivity contribution in [3.05, 3.63) is 23.8 Å². The van der Waals surface area contributed by atoms with Gasteiger partial charge in [-0.2, -0.15) is 0 Å². The summed E-state index contributed by atoms with van der Waals surface area (Å²) in [5, 5.41) is 3.07. The molecule has 7 nitrogen and oxygen atoms in total. The third-order valence-electron chi connectivity index (χ3n) is 4.87. The van der Waals surface area contributed by atoms with Crippen molar-refractivity contribution in [3.8, 4) is 0 Å². The van der Waals surface area contributed by atoms with E-state index in [2.05, 4.69) is 15.3 Å². The van der Waals surface area contributed by atoms with Gasteiger partial charge in [0.15, 0.2) is 5.60 Å². The Labute approximate surface area is 141 Å². The number of hydrogen-bond acceptors (Lipinski definition) is 5. The summed E-state index contributed by atoms with van der Waals surface area (Å²) in [5.74, 6) is -0.288. The second-order valence-electron chi connectivity index (χ2n) is 6.78. The van der Waals surface area contributed by atoms with Crippen LogP contribution in [0.5, 0.6) is 0 Å². The molecule has 1 N–H and O–H groups in total. The monoisotopic (exact) mass is 332 g/mol. The number of rotatable bonds is 3. The van der Waals surface area contributed by atoms with Crippen molar-refractivity contribution in [2.24, 2.45) is 0 Å².